The van der Waals surface area contributed by atoms with Crippen molar-refractivity contribution in [2.24, 2.45) is 5.92 Å². The zero-order chi connectivity index (χ0) is 14.0. The van der Waals surface area contributed by atoms with Crippen LogP contribution in [0.2, 0.25) is 5.02 Å². The number of piperazine rings is 1. The summed E-state index contributed by atoms with van der Waals surface area (Å²) in [5.41, 5.74) is 1.31. The lowest BCUT2D eigenvalue weighted by Crippen LogP contribution is -2.57. The summed E-state index contributed by atoms with van der Waals surface area (Å²) in [6, 6.07) is 9.80. The molecule has 1 N–H and O–H groups in total. The maximum atomic E-state index is 6.11. The highest BCUT2D eigenvalue weighted by Crippen LogP contribution is 2.27. The molecular weight excluding hydrogens is 256 g/mol. The first kappa shape index (κ1) is 14.8. The second-order valence-corrected chi connectivity index (χ2v) is 6.47. The summed E-state index contributed by atoms with van der Waals surface area (Å²) in [6.45, 7) is 11.3. The van der Waals surface area contributed by atoms with Crippen LogP contribution in [0, 0.1) is 5.92 Å². The van der Waals surface area contributed by atoms with Gasteiger partial charge in [-0.2, -0.15) is 0 Å². The zero-order valence-corrected chi connectivity index (χ0v) is 13.1. The molecule has 1 heterocycles. The molecule has 1 fully saturated rings. The molecule has 3 unspecified atom stereocenters. The summed E-state index contributed by atoms with van der Waals surface area (Å²) in [4.78, 5) is 2.59. The van der Waals surface area contributed by atoms with Crippen molar-refractivity contribution in [3.63, 3.8) is 0 Å². The van der Waals surface area contributed by atoms with Gasteiger partial charge in [0.1, 0.15) is 0 Å². The Kier molecular flexibility index (Phi) is 4.88. The van der Waals surface area contributed by atoms with E-state index in [0.29, 0.717) is 24.0 Å². The first-order valence-electron chi connectivity index (χ1n) is 7.23. The van der Waals surface area contributed by atoms with E-state index in [2.05, 4.69) is 50.0 Å². The van der Waals surface area contributed by atoms with Gasteiger partial charge in [0.25, 0.3) is 0 Å². The monoisotopic (exact) mass is 280 g/mol. The summed E-state index contributed by atoms with van der Waals surface area (Å²) in [6.07, 6.45) is 0. The van der Waals surface area contributed by atoms with E-state index in [1.165, 1.54) is 5.56 Å². The lowest BCUT2D eigenvalue weighted by molar-refractivity contribution is 0.0852. The van der Waals surface area contributed by atoms with E-state index in [0.717, 1.165) is 18.1 Å². The molecule has 2 rings (SSSR count). The smallest absolute Gasteiger partial charge is 0.0409 e. The van der Waals surface area contributed by atoms with Crippen molar-refractivity contribution < 1.29 is 0 Å². The van der Waals surface area contributed by atoms with Crippen LogP contribution in [0.1, 0.15) is 39.3 Å². The molecule has 1 aromatic rings. The van der Waals surface area contributed by atoms with Crippen LogP contribution in [0.4, 0.5) is 0 Å². The standard InChI is InChI=1S/C16H25ClN2/c1-11(2)16-10-19(12(3)9-18-16)13(4)14-6-5-7-15(17)8-14/h5-8,11-13,16,18H,9-10H2,1-4H3. The molecule has 3 atom stereocenters. The van der Waals surface area contributed by atoms with Crippen LogP contribution in [-0.4, -0.2) is 30.1 Å². The van der Waals surface area contributed by atoms with Crippen molar-refractivity contribution >= 4 is 11.6 Å². The molecule has 19 heavy (non-hydrogen) atoms. The lowest BCUT2D eigenvalue weighted by atomic mass is 9.96. The molecule has 0 saturated carbocycles. The first-order valence-corrected chi connectivity index (χ1v) is 7.61. The Bertz CT molecular complexity index is 419. The third-order valence-electron chi connectivity index (χ3n) is 4.28. The number of hydrogen-bond donors (Lipinski definition) is 1. The molecule has 1 aliphatic heterocycles. The zero-order valence-electron chi connectivity index (χ0n) is 12.4. The Balaban J connectivity index is 2.14. The molecule has 0 aromatic heterocycles. The van der Waals surface area contributed by atoms with Crippen LogP contribution in [0.5, 0.6) is 0 Å². The predicted octanol–water partition coefficient (Wildman–Crippen LogP) is 3.72. The molecule has 1 aliphatic rings. The average molecular weight is 281 g/mol. The second-order valence-electron chi connectivity index (χ2n) is 6.04. The number of nitrogens with zero attached hydrogens (tertiary/aromatic N) is 1. The van der Waals surface area contributed by atoms with E-state index in [1.807, 2.05) is 12.1 Å². The van der Waals surface area contributed by atoms with Crippen molar-refractivity contribution in [3.05, 3.63) is 34.9 Å². The maximum Gasteiger partial charge on any atom is 0.0409 e. The summed E-state index contributed by atoms with van der Waals surface area (Å²) < 4.78 is 0. The topological polar surface area (TPSA) is 15.3 Å². The SMILES string of the molecule is CC(C)C1CN(C(C)c2cccc(Cl)c2)C(C)CN1. The van der Waals surface area contributed by atoms with Crippen molar-refractivity contribution in [1.29, 1.82) is 0 Å². The fraction of sp³-hybridized carbons (Fsp3) is 0.625. The third kappa shape index (κ3) is 3.50. The fourth-order valence-corrected chi connectivity index (χ4v) is 3.05. The van der Waals surface area contributed by atoms with Gasteiger partial charge >= 0.3 is 0 Å². The summed E-state index contributed by atoms with van der Waals surface area (Å²) in [5.74, 6) is 0.668. The second kappa shape index (κ2) is 6.25. The quantitative estimate of drug-likeness (QED) is 0.908. The van der Waals surface area contributed by atoms with Gasteiger partial charge in [0.15, 0.2) is 0 Å². The molecule has 0 amide bonds. The number of rotatable bonds is 3. The van der Waals surface area contributed by atoms with Crippen LogP contribution in [0.25, 0.3) is 0 Å². The Hall–Kier alpha value is -0.570. The Morgan fingerprint density at radius 3 is 2.68 bits per heavy atom. The Morgan fingerprint density at radius 2 is 2.05 bits per heavy atom. The molecule has 0 radical (unpaired) electrons. The van der Waals surface area contributed by atoms with E-state index in [4.69, 9.17) is 11.6 Å². The van der Waals surface area contributed by atoms with Crippen molar-refractivity contribution in [2.45, 2.75) is 45.8 Å². The molecule has 1 saturated heterocycles. The van der Waals surface area contributed by atoms with Crippen molar-refractivity contribution in [2.75, 3.05) is 13.1 Å². The fourth-order valence-electron chi connectivity index (χ4n) is 2.86. The highest BCUT2D eigenvalue weighted by Gasteiger charge is 2.30. The van der Waals surface area contributed by atoms with Gasteiger partial charge < -0.3 is 5.32 Å². The molecule has 1 aromatic carbocycles. The predicted molar refractivity (Wildman–Crippen MR) is 82.7 cm³/mol. The van der Waals surface area contributed by atoms with Gasteiger partial charge in [-0.1, -0.05) is 37.6 Å². The van der Waals surface area contributed by atoms with Crippen LogP contribution in [-0.2, 0) is 0 Å². The minimum absolute atomic E-state index is 0.414. The first-order chi connectivity index (χ1) is 8.99. The number of nitrogens with one attached hydrogen (secondary N) is 1. The largest absolute Gasteiger partial charge is 0.311 e. The highest BCUT2D eigenvalue weighted by atomic mass is 35.5. The third-order valence-corrected chi connectivity index (χ3v) is 4.52. The average Bonchev–Trinajstić information content (AvgIpc) is 2.38. The summed E-state index contributed by atoms with van der Waals surface area (Å²) in [7, 11) is 0. The molecule has 2 nitrogen and oxygen atoms in total. The van der Waals surface area contributed by atoms with Crippen molar-refractivity contribution in [1.82, 2.24) is 10.2 Å². The summed E-state index contributed by atoms with van der Waals surface area (Å²) in [5, 5.41) is 4.47. The number of benzene rings is 1. The van der Waals surface area contributed by atoms with E-state index in [9.17, 15) is 0 Å². The minimum atomic E-state index is 0.414. The molecule has 3 heteroatoms. The van der Waals surface area contributed by atoms with Gasteiger partial charge in [-0.15, -0.1) is 0 Å². The normalized spacial score (nSPS) is 26.6. The van der Waals surface area contributed by atoms with Crippen molar-refractivity contribution in [3.8, 4) is 0 Å². The van der Waals surface area contributed by atoms with Crippen LogP contribution >= 0.6 is 11.6 Å². The Morgan fingerprint density at radius 1 is 1.32 bits per heavy atom. The number of hydrogen-bond acceptors (Lipinski definition) is 2. The number of halogens is 1. The maximum absolute atomic E-state index is 6.11. The lowest BCUT2D eigenvalue weighted by Gasteiger charge is -2.43. The Labute approximate surface area is 122 Å². The molecule has 0 aliphatic carbocycles. The minimum Gasteiger partial charge on any atom is -0.311 e. The van der Waals surface area contributed by atoms with Gasteiger partial charge in [0, 0.05) is 36.2 Å². The summed E-state index contributed by atoms with van der Waals surface area (Å²) >= 11 is 6.11. The van der Waals surface area contributed by atoms with Crippen LogP contribution < -0.4 is 5.32 Å². The van der Waals surface area contributed by atoms with E-state index in [1.54, 1.807) is 0 Å². The van der Waals surface area contributed by atoms with E-state index < -0.39 is 0 Å². The molecule has 0 spiro atoms. The molecular formula is C16H25ClN2. The molecule has 0 bridgehead atoms. The van der Waals surface area contributed by atoms with Gasteiger partial charge in [-0.25, -0.2) is 0 Å². The van der Waals surface area contributed by atoms with E-state index in [-0.39, 0.29) is 0 Å². The van der Waals surface area contributed by atoms with Gasteiger partial charge in [-0.05, 0) is 37.5 Å². The van der Waals surface area contributed by atoms with Crippen LogP contribution in [0.15, 0.2) is 24.3 Å². The van der Waals surface area contributed by atoms with E-state index >= 15 is 0 Å². The van der Waals surface area contributed by atoms with Gasteiger partial charge in [0.2, 0.25) is 0 Å². The van der Waals surface area contributed by atoms with Crippen LogP contribution in [0.3, 0.4) is 0 Å². The van der Waals surface area contributed by atoms with Gasteiger partial charge in [0.05, 0.1) is 0 Å². The van der Waals surface area contributed by atoms with Gasteiger partial charge in [-0.3, -0.25) is 4.90 Å². The highest BCUT2D eigenvalue weighted by molar-refractivity contribution is 6.30. The molecule has 106 valence electrons.